The molecule has 0 unspecified atom stereocenters. The normalized spacial score (nSPS) is 11.0. The van der Waals surface area contributed by atoms with Crippen molar-refractivity contribution in [2.75, 3.05) is 0 Å². The van der Waals surface area contributed by atoms with Gasteiger partial charge in [-0.2, -0.15) is 5.10 Å². The highest BCUT2D eigenvalue weighted by molar-refractivity contribution is 5.89. The van der Waals surface area contributed by atoms with E-state index in [9.17, 15) is 23.5 Å². The van der Waals surface area contributed by atoms with Gasteiger partial charge >= 0.3 is 5.97 Å². The number of halogens is 2. The summed E-state index contributed by atoms with van der Waals surface area (Å²) in [5.41, 5.74) is -0.598. The minimum absolute atomic E-state index is 0.138. The van der Waals surface area contributed by atoms with Crippen molar-refractivity contribution in [3.63, 3.8) is 0 Å². The summed E-state index contributed by atoms with van der Waals surface area (Å²) >= 11 is 0. The number of hydrogen-bond donors (Lipinski definition) is 1. The van der Waals surface area contributed by atoms with Crippen LogP contribution >= 0.6 is 0 Å². The van der Waals surface area contributed by atoms with Crippen LogP contribution in [-0.4, -0.2) is 25.8 Å². The largest absolute Gasteiger partial charge is 0.476 e. The summed E-state index contributed by atoms with van der Waals surface area (Å²) in [6.07, 6.45) is 0. The topological polar surface area (TPSA) is 85.1 Å². The predicted molar refractivity (Wildman–Crippen MR) is 81.5 cm³/mol. The number of rotatable bonds is 2. The van der Waals surface area contributed by atoms with E-state index in [1.807, 2.05) is 0 Å². The Balaban J connectivity index is 2.50. The highest BCUT2D eigenvalue weighted by Gasteiger charge is 2.20. The first-order valence-electron chi connectivity index (χ1n) is 6.89. The molecule has 1 aromatic carbocycles. The molecule has 2 aromatic heterocycles. The van der Waals surface area contributed by atoms with E-state index in [-0.39, 0.29) is 16.7 Å². The lowest BCUT2D eigenvalue weighted by atomic mass is 10.1. The van der Waals surface area contributed by atoms with Crippen LogP contribution in [0.25, 0.3) is 16.7 Å². The molecular formula is C16H11F2N3O3. The van der Waals surface area contributed by atoms with Crippen molar-refractivity contribution < 1.29 is 18.7 Å². The van der Waals surface area contributed by atoms with E-state index in [0.717, 1.165) is 16.8 Å². The summed E-state index contributed by atoms with van der Waals surface area (Å²) < 4.78 is 28.2. The van der Waals surface area contributed by atoms with Gasteiger partial charge in [0.25, 0.3) is 0 Å². The Hall–Kier alpha value is -3.16. The fraction of sp³-hybridized carbons (Fsp3) is 0.125. The summed E-state index contributed by atoms with van der Waals surface area (Å²) in [5, 5.41) is 12.9. The standard InChI is InChI=1S/C16H11F2N3O3/c1-7-5-12-13(19-8(7)2)15(22)14(16(23)24)20-21(12)11-4-3-9(17)6-10(11)18/h3-6H,1-2H3,(H,23,24). The Labute approximate surface area is 134 Å². The Morgan fingerprint density at radius 3 is 2.54 bits per heavy atom. The van der Waals surface area contributed by atoms with E-state index in [0.29, 0.717) is 17.3 Å². The highest BCUT2D eigenvalue weighted by atomic mass is 19.1. The lowest BCUT2D eigenvalue weighted by Gasteiger charge is -2.12. The number of aromatic carboxylic acids is 1. The summed E-state index contributed by atoms with van der Waals surface area (Å²) in [7, 11) is 0. The molecule has 1 N–H and O–H groups in total. The van der Waals surface area contributed by atoms with Crippen molar-refractivity contribution in [3.05, 3.63) is 63.1 Å². The van der Waals surface area contributed by atoms with Gasteiger partial charge in [-0.1, -0.05) is 0 Å². The van der Waals surface area contributed by atoms with E-state index in [1.54, 1.807) is 19.9 Å². The number of aromatic nitrogens is 3. The van der Waals surface area contributed by atoms with Crippen LogP contribution < -0.4 is 5.43 Å². The van der Waals surface area contributed by atoms with Crippen LogP contribution in [0.4, 0.5) is 8.78 Å². The zero-order valence-electron chi connectivity index (χ0n) is 12.7. The van der Waals surface area contributed by atoms with Crippen LogP contribution in [0.15, 0.2) is 29.1 Å². The van der Waals surface area contributed by atoms with Crippen LogP contribution in [0.1, 0.15) is 21.7 Å². The number of carbonyl (C=O) groups is 1. The Kier molecular flexibility index (Phi) is 3.59. The molecule has 24 heavy (non-hydrogen) atoms. The number of benzene rings is 1. The first-order valence-corrected chi connectivity index (χ1v) is 6.89. The van der Waals surface area contributed by atoms with Crippen LogP contribution in [0, 0.1) is 25.5 Å². The summed E-state index contributed by atoms with van der Waals surface area (Å²) in [4.78, 5) is 27.7. The molecule has 122 valence electrons. The molecule has 0 amide bonds. The summed E-state index contributed by atoms with van der Waals surface area (Å²) in [5.74, 6) is -3.29. The number of aryl methyl sites for hydroxylation is 2. The van der Waals surface area contributed by atoms with Gasteiger partial charge < -0.3 is 5.11 Å². The van der Waals surface area contributed by atoms with E-state index >= 15 is 0 Å². The van der Waals surface area contributed by atoms with Gasteiger partial charge in [-0.15, -0.1) is 0 Å². The van der Waals surface area contributed by atoms with Crippen molar-refractivity contribution >= 4 is 17.0 Å². The van der Waals surface area contributed by atoms with Gasteiger partial charge in [0.05, 0.1) is 5.52 Å². The molecule has 8 heteroatoms. The second kappa shape index (κ2) is 5.48. The van der Waals surface area contributed by atoms with E-state index in [1.165, 1.54) is 0 Å². The number of nitrogens with zero attached hydrogens (tertiary/aromatic N) is 3. The number of carboxylic acids is 1. The van der Waals surface area contributed by atoms with Gasteiger partial charge in [0.1, 0.15) is 17.0 Å². The van der Waals surface area contributed by atoms with Crippen LogP contribution in [0.3, 0.4) is 0 Å². The third-order valence-corrected chi connectivity index (χ3v) is 3.64. The molecule has 0 fully saturated rings. The predicted octanol–water partition coefficient (Wildman–Crippen LogP) is 2.37. The average Bonchev–Trinajstić information content (AvgIpc) is 2.50. The average molecular weight is 331 g/mol. The van der Waals surface area contributed by atoms with Crippen molar-refractivity contribution in [2.24, 2.45) is 0 Å². The van der Waals surface area contributed by atoms with Gasteiger partial charge in [0.15, 0.2) is 5.82 Å². The maximum Gasteiger partial charge on any atom is 0.360 e. The molecule has 0 saturated carbocycles. The minimum Gasteiger partial charge on any atom is -0.476 e. The molecule has 3 rings (SSSR count). The van der Waals surface area contributed by atoms with Crippen molar-refractivity contribution in [1.82, 2.24) is 14.8 Å². The molecule has 0 aliphatic carbocycles. The molecule has 2 heterocycles. The lowest BCUT2D eigenvalue weighted by Crippen LogP contribution is -2.24. The Morgan fingerprint density at radius 1 is 1.21 bits per heavy atom. The van der Waals surface area contributed by atoms with Gasteiger partial charge in [0, 0.05) is 11.8 Å². The molecule has 0 saturated heterocycles. The Bertz CT molecular complexity index is 1060. The smallest absolute Gasteiger partial charge is 0.360 e. The maximum atomic E-state index is 14.1. The van der Waals surface area contributed by atoms with Crippen LogP contribution in [-0.2, 0) is 0 Å². The van der Waals surface area contributed by atoms with Crippen molar-refractivity contribution in [2.45, 2.75) is 13.8 Å². The molecule has 0 aliphatic heterocycles. The third-order valence-electron chi connectivity index (χ3n) is 3.64. The number of carboxylic acid groups (broad SMARTS) is 1. The van der Waals surface area contributed by atoms with Gasteiger partial charge in [-0.3, -0.25) is 4.79 Å². The monoisotopic (exact) mass is 331 g/mol. The first kappa shape index (κ1) is 15.7. The van der Waals surface area contributed by atoms with Gasteiger partial charge in [-0.05, 0) is 37.6 Å². The quantitative estimate of drug-likeness (QED) is 0.779. The second-order valence-electron chi connectivity index (χ2n) is 5.25. The van der Waals surface area contributed by atoms with Crippen LogP contribution in [0.5, 0.6) is 0 Å². The second-order valence-corrected chi connectivity index (χ2v) is 5.25. The molecule has 0 bridgehead atoms. The zero-order chi connectivity index (χ0) is 17.6. The molecular weight excluding hydrogens is 320 g/mol. The fourth-order valence-electron chi connectivity index (χ4n) is 2.31. The fourth-order valence-corrected chi connectivity index (χ4v) is 2.31. The summed E-state index contributed by atoms with van der Waals surface area (Å²) in [6, 6.07) is 4.33. The molecule has 6 nitrogen and oxygen atoms in total. The van der Waals surface area contributed by atoms with E-state index in [2.05, 4.69) is 10.1 Å². The van der Waals surface area contributed by atoms with E-state index in [4.69, 9.17) is 0 Å². The lowest BCUT2D eigenvalue weighted by molar-refractivity contribution is 0.0687. The first-order chi connectivity index (χ1) is 11.3. The zero-order valence-corrected chi connectivity index (χ0v) is 12.7. The SMILES string of the molecule is Cc1cc2c(nc1C)c(=O)c(C(=O)O)nn2-c1ccc(F)cc1F. The van der Waals surface area contributed by atoms with Crippen LogP contribution in [0.2, 0.25) is 0 Å². The highest BCUT2D eigenvalue weighted by Crippen LogP contribution is 2.20. The number of hydrogen-bond acceptors (Lipinski definition) is 4. The molecule has 0 atom stereocenters. The number of pyridine rings is 1. The van der Waals surface area contributed by atoms with Crippen molar-refractivity contribution in [1.29, 1.82) is 0 Å². The molecule has 3 aromatic rings. The van der Waals surface area contributed by atoms with Crippen molar-refractivity contribution in [3.8, 4) is 5.69 Å². The molecule has 0 spiro atoms. The summed E-state index contributed by atoms with van der Waals surface area (Å²) in [6.45, 7) is 3.40. The Morgan fingerprint density at radius 2 is 1.92 bits per heavy atom. The van der Waals surface area contributed by atoms with Gasteiger partial charge in [0.2, 0.25) is 11.1 Å². The van der Waals surface area contributed by atoms with Gasteiger partial charge in [-0.25, -0.2) is 23.2 Å². The molecule has 0 radical (unpaired) electrons. The number of fused-ring (bicyclic) bond motifs is 1. The molecule has 0 aliphatic rings. The maximum absolute atomic E-state index is 14.1. The third kappa shape index (κ3) is 2.41. The minimum atomic E-state index is -1.56. The van der Waals surface area contributed by atoms with E-state index < -0.39 is 28.7 Å².